The average molecular weight is 283 g/mol. The fourth-order valence-corrected chi connectivity index (χ4v) is 2.77. The molecule has 2 rings (SSSR count). The Morgan fingerprint density at radius 2 is 2.15 bits per heavy atom. The maximum atomic E-state index is 14.1. The Morgan fingerprint density at radius 1 is 1.35 bits per heavy atom. The summed E-state index contributed by atoms with van der Waals surface area (Å²) in [7, 11) is 0. The number of rotatable bonds is 6. The number of nitrogens with one attached hydrogen (secondary N) is 1. The quantitative estimate of drug-likeness (QED) is 0.855. The number of halogens is 2. The molecule has 2 atom stereocenters. The molecule has 4 heteroatoms. The molecule has 1 aliphatic heterocycles. The van der Waals surface area contributed by atoms with Crippen LogP contribution >= 0.6 is 0 Å². The van der Waals surface area contributed by atoms with Crippen LogP contribution in [0, 0.1) is 18.6 Å². The first-order valence-electron chi connectivity index (χ1n) is 7.42. The van der Waals surface area contributed by atoms with E-state index in [0.29, 0.717) is 11.1 Å². The average Bonchev–Trinajstić information content (AvgIpc) is 2.92. The molecule has 1 heterocycles. The van der Waals surface area contributed by atoms with Gasteiger partial charge in [0.2, 0.25) is 0 Å². The van der Waals surface area contributed by atoms with Crippen molar-refractivity contribution in [1.82, 2.24) is 5.32 Å². The van der Waals surface area contributed by atoms with E-state index in [0.717, 1.165) is 38.8 Å². The van der Waals surface area contributed by atoms with E-state index in [-0.39, 0.29) is 23.8 Å². The summed E-state index contributed by atoms with van der Waals surface area (Å²) in [6.45, 7) is 5.10. The molecule has 1 saturated heterocycles. The van der Waals surface area contributed by atoms with Gasteiger partial charge >= 0.3 is 0 Å². The van der Waals surface area contributed by atoms with Crippen LogP contribution in [-0.4, -0.2) is 19.3 Å². The zero-order valence-corrected chi connectivity index (χ0v) is 12.2. The minimum atomic E-state index is -0.346. The van der Waals surface area contributed by atoms with Crippen molar-refractivity contribution in [3.05, 3.63) is 34.9 Å². The van der Waals surface area contributed by atoms with Crippen molar-refractivity contribution >= 4 is 0 Å². The number of ether oxygens (including phenoxy) is 1. The number of aryl methyl sites for hydroxylation is 1. The van der Waals surface area contributed by atoms with Crippen LogP contribution in [0.25, 0.3) is 0 Å². The van der Waals surface area contributed by atoms with E-state index in [9.17, 15) is 8.78 Å². The third kappa shape index (κ3) is 3.76. The highest BCUT2D eigenvalue weighted by molar-refractivity contribution is 5.27. The molecule has 112 valence electrons. The van der Waals surface area contributed by atoms with E-state index in [1.165, 1.54) is 12.1 Å². The van der Waals surface area contributed by atoms with Gasteiger partial charge in [-0.15, -0.1) is 0 Å². The van der Waals surface area contributed by atoms with Crippen LogP contribution in [-0.2, 0) is 4.74 Å². The summed E-state index contributed by atoms with van der Waals surface area (Å²) in [5, 5.41) is 3.25. The molecule has 1 aromatic rings. The van der Waals surface area contributed by atoms with Gasteiger partial charge in [-0.25, -0.2) is 8.78 Å². The standard InChI is InChI=1S/C16H23F2NO/c1-3-19-16(7-6-12-5-4-8-20-12)13-10-14(17)11(2)9-15(13)18/h9-10,12,16,19H,3-8H2,1-2H3. The summed E-state index contributed by atoms with van der Waals surface area (Å²) in [4.78, 5) is 0. The van der Waals surface area contributed by atoms with E-state index in [1.54, 1.807) is 6.92 Å². The fourth-order valence-electron chi connectivity index (χ4n) is 2.77. The third-order valence-corrected chi connectivity index (χ3v) is 3.91. The molecule has 1 N–H and O–H groups in total. The van der Waals surface area contributed by atoms with Gasteiger partial charge in [0.15, 0.2) is 0 Å². The summed E-state index contributed by atoms with van der Waals surface area (Å²) < 4.78 is 33.3. The molecule has 2 unspecified atom stereocenters. The van der Waals surface area contributed by atoms with Crippen LogP contribution in [0.3, 0.4) is 0 Å². The first-order valence-corrected chi connectivity index (χ1v) is 7.42. The van der Waals surface area contributed by atoms with Crippen molar-refractivity contribution < 1.29 is 13.5 Å². The van der Waals surface area contributed by atoms with Gasteiger partial charge in [-0.05, 0) is 56.8 Å². The highest BCUT2D eigenvalue weighted by atomic mass is 19.1. The Labute approximate surface area is 119 Å². The van der Waals surface area contributed by atoms with Gasteiger partial charge in [-0.1, -0.05) is 6.92 Å². The largest absolute Gasteiger partial charge is 0.378 e. The van der Waals surface area contributed by atoms with Crippen molar-refractivity contribution in [2.24, 2.45) is 0 Å². The lowest BCUT2D eigenvalue weighted by Gasteiger charge is -2.21. The minimum Gasteiger partial charge on any atom is -0.378 e. The second kappa shape index (κ2) is 7.14. The van der Waals surface area contributed by atoms with Crippen molar-refractivity contribution in [2.75, 3.05) is 13.2 Å². The predicted molar refractivity (Wildman–Crippen MR) is 75.7 cm³/mol. The van der Waals surface area contributed by atoms with E-state index in [4.69, 9.17) is 4.74 Å². The molecule has 0 aliphatic carbocycles. The van der Waals surface area contributed by atoms with Crippen LogP contribution in [0.1, 0.15) is 49.8 Å². The molecule has 1 aromatic carbocycles. The number of benzene rings is 1. The Kier molecular flexibility index (Phi) is 5.49. The van der Waals surface area contributed by atoms with Crippen LogP contribution in [0.4, 0.5) is 8.78 Å². The number of hydrogen-bond donors (Lipinski definition) is 1. The molecule has 0 bridgehead atoms. The Morgan fingerprint density at radius 3 is 2.80 bits per heavy atom. The molecule has 0 saturated carbocycles. The lowest BCUT2D eigenvalue weighted by Crippen LogP contribution is -2.23. The summed E-state index contributed by atoms with van der Waals surface area (Å²) >= 11 is 0. The Hall–Kier alpha value is -1.00. The van der Waals surface area contributed by atoms with Gasteiger partial charge in [0.25, 0.3) is 0 Å². The smallest absolute Gasteiger partial charge is 0.128 e. The number of hydrogen-bond acceptors (Lipinski definition) is 2. The first kappa shape index (κ1) is 15.4. The molecule has 0 spiro atoms. The van der Waals surface area contributed by atoms with E-state index in [1.807, 2.05) is 6.92 Å². The van der Waals surface area contributed by atoms with E-state index >= 15 is 0 Å². The van der Waals surface area contributed by atoms with Crippen LogP contribution in [0.2, 0.25) is 0 Å². The fraction of sp³-hybridized carbons (Fsp3) is 0.625. The molecule has 0 amide bonds. The Balaban J connectivity index is 2.08. The maximum absolute atomic E-state index is 14.1. The monoisotopic (exact) mass is 283 g/mol. The van der Waals surface area contributed by atoms with Gasteiger partial charge in [-0.2, -0.15) is 0 Å². The third-order valence-electron chi connectivity index (χ3n) is 3.91. The molecular formula is C16H23F2NO. The van der Waals surface area contributed by atoms with Crippen LogP contribution < -0.4 is 5.32 Å². The normalized spacial score (nSPS) is 20.3. The first-order chi connectivity index (χ1) is 9.61. The lowest BCUT2D eigenvalue weighted by atomic mass is 9.97. The van der Waals surface area contributed by atoms with Gasteiger partial charge in [0, 0.05) is 18.2 Å². The van der Waals surface area contributed by atoms with Gasteiger partial charge in [0.05, 0.1) is 6.10 Å². The van der Waals surface area contributed by atoms with Gasteiger partial charge in [0.1, 0.15) is 11.6 Å². The summed E-state index contributed by atoms with van der Waals surface area (Å²) in [5.74, 6) is -0.677. The van der Waals surface area contributed by atoms with Crippen molar-refractivity contribution in [3.63, 3.8) is 0 Å². The lowest BCUT2D eigenvalue weighted by molar-refractivity contribution is 0.0995. The van der Waals surface area contributed by atoms with Gasteiger partial charge in [-0.3, -0.25) is 0 Å². The zero-order valence-electron chi connectivity index (χ0n) is 12.2. The Bertz CT molecular complexity index is 444. The summed E-state index contributed by atoms with van der Waals surface area (Å²) in [6.07, 6.45) is 4.09. The molecule has 0 radical (unpaired) electrons. The second-order valence-corrected chi connectivity index (χ2v) is 5.45. The maximum Gasteiger partial charge on any atom is 0.128 e. The molecule has 20 heavy (non-hydrogen) atoms. The van der Waals surface area contributed by atoms with Crippen molar-refractivity contribution in [3.8, 4) is 0 Å². The molecular weight excluding hydrogens is 260 g/mol. The highest BCUT2D eigenvalue weighted by Gasteiger charge is 2.21. The summed E-state index contributed by atoms with van der Waals surface area (Å²) in [6, 6.07) is 2.45. The van der Waals surface area contributed by atoms with E-state index < -0.39 is 0 Å². The molecule has 0 aromatic heterocycles. The SMILES string of the molecule is CCNC(CCC1CCCO1)c1cc(F)c(C)cc1F. The zero-order chi connectivity index (χ0) is 14.5. The van der Waals surface area contributed by atoms with Crippen LogP contribution in [0.5, 0.6) is 0 Å². The predicted octanol–water partition coefficient (Wildman–Crippen LogP) is 3.88. The van der Waals surface area contributed by atoms with Crippen molar-refractivity contribution in [2.45, 2.75) is 51.7 Å². The van der Waals surface area contributed by atoms with Crippen LogP contribution in [0.15, 0.2) is 12.1 Å². The molecule has 1 fully saturated rings. The molecule has 2 nitrogen and oxygen atoms in total. The van der Waals surface area contributed by atoms with Gasteiger partial charge < -0.3 is 10.1 Å². The van der Waals surface area contributed by atoms with Crippen molar-refractivity contribution in [1.29, 1.82) is 0 Å². The molecule has 1 aliphatic rings. The minimum absolute atomic E-state index is 0.153. The highest BCUT2D eigenvalue weighted by Crippen LogP contribution is 2.27. The summed E-state index contributed by atoms with van der Waals surface area (Å²) in [5.41, 5.74) is 0.772. The topological polar surface area (TPSA) is 21.3 Å². The van der Waals surface area contributed by atoms with E-state index in [2.05, 4.69) is 5.32 Å². The second-order valence-electron chi connectivity index (χ2n) is 5.45.